The number of para-hydroxylation sites is 1. The fourth-order valence-electron chi connectivity index (χ4n) is 3.42. The van der Waals surface area contributed by atoms with Gasteiger partial charge in [0.15, 0.2) is 6.61 Å². The number of H-pyrrole nitrogens is 1. The molecule has 3 aromatic rings. The Morgan fingerprint density at radius 2 is 2.00 bits per heavy atom. The van der Waals surface area contributed by atoms with E-state index in [1.165, 1.54) is 27.8 Å². The van der Waals surface area contributed by atoms with Crippen LogP contribution < -0.4 is 4.74 Å². The third kappa shape index (κ3) is 3.00. The van der Waals surface area contributed by atoms with Gasteiger partial charge in [-0.25, -0.2) is 0 Å². The van der Waals surface area contributed by atoms with Gasteiger partial charge in [-0.05, 0) is 43.2 Å². The number of nitrogens with zero attached hydrogens (tertiary/aromatic N) is 1. The van der Waals surface area contributed by atoms with Crippen molar-refractivity contribution >= 4 is 16.8 Å². The lowest BCUT2D eigenvalue weighted by molar-refractivity contribution is -0.134. The molecule has 2 heterocycles. The van der Waals surface area contributed by atoms with Crippen LogP contribution in [-0.4, -0.2) is 28.9 Å². The molecular weight excluding hydrogens is 312 g/mol. The van der Waals surface area contributed by atoms with Crippen LogP contribution in [0.3, 0.4) is 0 Å². The standard InChI is InChI=1S/C21H22N2O2/c1-14-7-8-16(11-15(14)2)25-13-21(24)23-10-9-20-18(12-23)17-5-3-4-6-19(17)22-20/h3-8,11,22H,9-10,12-13H2,1-2H3. The van der Waals surface area contributed by atoms with Crippen LogP contribution in [0, 0.1) is 13.8 Å². The van der Waals surface area contributed by atoms with Crippen molar-refractivity contribution in [3.63, 3.8) is 0 Å². The predicted molar refractivity (Wildman–Crippen MR) is 98.8 cm³/mol. The molecule has 0 bridgehead atoms. The lowest BCUT2D eigenvalue weighted by Crippen LogP contribution is -2.38. The molecule has 2 aromatic carbocycles. The molecule has 4 nitrogen and oxygen atoms in total. The molecule has 0 aliphatic carbocycles. The summed E-state index contributed by atoms with van der Waals surface area (Å²) in [5.74, 6) is 0.787. The number of carbonyl (C=O) groups excluding carboxylic acids is 1. The van der Waals surface area contributed by atoms with E-state index in [4.69, 9.17) is 4.74 Å². The van der Waals surface area contributed by atoms with E-state index in [-0.39, 0.29) is 12.5 Å². The van der Waals surface area contributed by atoms with Gasteiger partial charge in [0.05, 0.1) is 0 Å². The molecule has 0 saturated carbocycles. The van der Waals surface area contributed by atoms with Crippen LogP contribution in [0.2, 0.25) is 0 Å². The molecule has 128 valence electrons. The van der Waals surface area contributed by atoms with Crippen LogP contribution in [0.25, 0.3) is 10.9 Å². The maximum Gasteiger partial charge on any atom is 0.260 e. The first-order valence-corrected chi connectivity index (χ1v) is 8.68. The highest BCUT2D eigenvalue weighted by Gasteiger charge is 2.24. The van der Waals surface area contributed by atoms with Crippen molar-refractivity contribution in [2.45, 2.75) is 26.8 Å². The zero-order valence-electron chi connectivity index (χ0n) is 14.6. The highest BCUT2D eigenvalue weighted by molar-refractivity contribution is 5.86. The number of hydrogen-bond donors (Lipinski definition) is 1. The average Bonchev–Trinajstić information content (AvgIpc) is 3.00. The minimum Gasteiger partial charge on any atom is -0.484 e. The first-order valence-electron chi connectivity index (χ1n) is 8.68. The molecular formula is C21H22N2O2. The first kappa shape index (κ1) is 15.8. The molecule has 4 heteroatoms. The molecule has 1 aromatic heterocycles. The van der Waals surface area contributed by atoms with E-state index < -0.39 is 0 Å². The number of amides is 1. The largest absolute Gasteiger partial charge is 0.484 e. The van der Waals surface area contributed by atoms with Gasteiger partial charge in [0.1, 0.15) is 5.75 Å². The number of hydrogen-bond acceptors (Lipinski definition) is 2. The minimum absolute atomic E-state index is 0.0363. The Labute approximate surface area is 147 Å². The lowest BCUT2D eigenvalue weighted by Gasteiger charge is -2.27. The fourth-order valence-corrected chi connectivity index (χ4v) is 3.42. The van der Waals surface area contributed by atoms with E-state index in [9.17, 15) is 4.79 Å². The molecule has 1 aliphatic rings. The van der Waals surface area contributed by atoms with Gasteiger partial charge in [-0.1, -0.05) is 24.3 Å². The summed E-state index contributed by atoms with van der Waals surface area (Å²) < 4.78 is 5.71. The third-order valence-corrected chi connectivity index (χ3v) is 5.08. The van der Waals surface area contributed by atoms with E-state index in [2.05, 4.69) is 24.0 Å². The SMILES string of the molecule is Cc1ccc(OCC(=O)N2CCc3[nH]c4ccccc4c3C2)cc1C. The van der Waals surface area contributed by atoms with Crippen molar-refractivity contribution in [3.8, 4) is 5.75 Å². The number of carbonyl (C=O) groups is 1. The van der Waals surface area contributed by atoms with Gasteiger partial charge in [-0.15, -0.1) is 0 Å². The van der Waals surface area contributed by atoms with Gasteiger partial charge in [0, 0.05) is 41.7 Å². The van der Waals surface area contributed by atoms with Crippen LogP contribution in [0.4, 0.5) is 0 Å². The van der Waals surface area contributed by atoms with Crippen molar-refractivity contribution in [1.29, 1.82) is 0 Å². The second-order valence-electron chi connectivity index (χ2n) is 6.73. The molecule has 0 atom stereocenters. The summed E-state index contributed by atoms with van der Waals surface area (Å²) in [4.78, 5) is 17.9. The average molecular weight is 334 g/mol. The summed E-state index contributed by atoms with van der Waals surface area (Å²) >= 11 is 0. The molecule has 4 rings (SSSR count). The fraction of sp³-hybridized carbons (Fsp3) is 0.286. The summed E-state index contributed by atoms with van der Waals surface area (Å²) in [6, 6.07) is 14.2. The van der Waals surface area contributed by atoms with Crippen molar-refractivity contribution in [2.24, 2.45) is 0 Å². The number of ether oxygens (including phenoxy) is 1. The number of aromatic amines is 1. The van der Waals surface area contributed by atoms with Gasteiger partial charge in [0.25, 0.3) is 5.91 Å². The molecule has 1 amide bonds. The quantitative estimate of drug-likeness (QED) is 0.793. The van der Waals surface area contributed by atoms with Gasteiger partial charge in [-0.3, -0.25) is 4.79 Å². The predicted octanol–water partition coefficient (Wildman–Crippen LogP) is 3.75. The van der Waals surface area contributed by atoms with E-state index in [0.717, 1.165) is 24.2 Å². The van der Waals surface area contributed by atoms with Gasteiger partial charge in [0.2, 0.25) is 0 Å². The maximum absolute atomic E-state index is 12.6. The Hall–Kier alpha value is -2.75. The van der Waals surface area contributed by atoms with Crippen LogP contribution >= 0.6 is 0 Å². The number of fused-ring (bicyclic) bond motifs is 3. The molecule has 1 aliphatic heterocycles. The van der Waals surface area contributed by atoms with Crippen molar-refractivity contribution < 1.29 is 9.53 Å². The monoisotopic (exact) mass is 334 g/mol. The normalized spacial score (nSPS) is 13.8. The van der Waals surface area contributed by atoms with E-state index >= 15 is 0 Å². The Balaban J connectivity index is 1.45. The number of benzene rings is 2. The third-order valence-electron chi connectivity index (χ3n) is 5.08. The minimum atomic E-state index is 0.0363. The summed E-state index contributed by atoms with van der Waals surface area (Å²) in [5, 5.41) is 1.21. The summed E-state index contributed by atoms with van der Waals surface area (Å²) in [5.41, 5.74) is 6.03. The van der Waals surface area contributed by atoms with Crippen LogP contribution in [0.15, 0.2) is 42.5 Å². The summed E-state index contributed by atoms with van der Waals surface area (Å²) in [7, 11) is 0. The Morgan fingerprint density at radius 1 is 1.16 bits per heavy atom. The highest BCUT2D eigenvalue weighted by atomic mass is 16.5. The Morgan fingerprint density at radius 3 is 2.84 bits per heavy atom. The van der Waals surface area contributed by atoms with Gasteiger partial charge >= 0.3 is 0 Å². The number of rotatable bonds is 3. The second kappa shape index (κ2) is 6.28. The highest BCUT2D eigenvalue weighted by Crippen LogP contribution is 2.27. The van der Waals surface area contributed by atoms with Crippen molar-refractivity contribution in [3.05, 3.63) is 64.8 Å². The van der Waals surface area contributed by atoms with Crippen LogP contribution in [-0.2, 0) is 17.8 Å². The molecule has 0 radical (unpaired) electrons. The maximum atomic E-state index is 12.6. The molecule has 0 unspecified atom stereocenters. The second-order valence-corrected chi connectivity index (χ2v) is 6.73. The van der Waals surface area contributed by atoms with Crippen molar-refractivity contribution in [2.75, 3.05) is 13.2 Å². The molecule has 0 fully saturated rings. The molecule has 0 spiro atoms. The Bertz CT molecular complexity index is 942. The number of aryl methyl sites for hydroxylation is 2. The van der Waals surface area contributed by atoms with Gasteiger partial charge in [-0.2, -0.15) is 0 Å². The molecule has 1 N–H and O–H groups in total. The number of aromatic nitrogens is 1. The van der Waals surface area contributed by atoms with Crippen LogP contribution in [0.1, 0.15) is 22.4 Å². The Kier molecular flexibility index (Phi) is 3.96. The van der Waals surface area contributed by atoms with Crippen LogP contribution in [0.5, 0.6) is 5.75 Å². The van der Waals surface area contributed by atoms with Crippen molar-refractivity contribution in [1.82, 2.24) is 9.88 Å². The zero-order chi connectivity index (χ0) is 17.4. The topological polar surface area (TPSA) is 45.3 Å². The summed E-state index contributed by atoms with van der Waals surface area (Å²) in [6.45, 7) is 5.58. The van der Waals surface area contributed by atoms with Gasteiger partial charge < -0.3 is 14.6 Å². The van der Waals surface area contributed by atoms with E-state index in [1.54, 1.807) is 0 Å². The number of nitrogens with one attached hydrogen (secondary N) is 1. The zero-order valence-corrected chi connectivity index (χ0v) is 14.6. The van der Waals surface area contributed by atoms with E-state index in [1.807, 2.05) is 42.2 Å². The molecule has 0 saturated heterocycles. The molecule has 25 heavy (non-hydrogen) atoms. The van der Waals surface area contributed by atoms with E-state index in [0.29, 0.717) is 6.54 Å². The smallest absolute Gasteiger partial charge is 0.260 e. The lowest BCUT2D eigenvalue weighted by atomic mass is 10.0. The summed E-state index contributed by atoms with van der Waals surface area (Å²) in [6.07, 6.45) is 0.861. The first-order chi connectivity index (χ1) is 12.1.